The van der Waals surface area contributed by atoms with Crippen molar-refractivity contribution in [2.75, 3.05) is 7.05 Å². The molecule has 0 radical (unpaired) electrons. The molecule has 0 bridgehead atoms. The second-order valence-electron chi connectivity index (χ2n) is 4.15. The Labute approximate surface area is 108 Å². The number of nitrogens with two attached hydrogens (primary N) is 1. The summed E-state index contributed by atoms with van der Waals surface area (Å²) in [5, 5.41) is 0. The van der Waals surface area contributed by atoms with E-state index in [1.807, 2.05) is 60.5 Å². The molecule has 0 aliphatic heterocycles. The average Bonchev–Trinajstić information content (AvgIpc) is 2.41. The first-order valence-electron chi connectivity index (χ1n) is 5.90. The Morgan fingerprint density at radius 1 is 1.00 bits per heavy atom. The Morgan fingerprint density at radius 3 is 2.17 bits per heavy atom. The fourth-order valence-corrected chi connectivity index (χ4v) is 1.66. The lowest BCUT2D eigenvalue weighted by Crippen LogP contribution is -2.33. The molecular formula is C15H17N3. The molecule has 0 unspecified atom stereocenters. The van der Waals surface area contributed by atoms with Gasteiger partial charge in [0.25, 0.3) is 0 Å². The largest absolute Gasteiger partial charge is 0.369 e. The van der Waals surface area contributed by atoms with Crippen molar-refractivity contribution in [3.05, 3.63) is 66.2 Å². The Bertz CT molecular complexity index is 506. The molecule has 0 amide bonds. The predicted octanol–water partition coefficient (Wildman–Crippen LogP) is 2.76. The zero-order chi connectivity index (χ0) is 12.8. The van der Waals surface area contributed by atoms with Crippen LogP contribution in [0.1, 0.15) is 5.56 Å². The molecule has 0 aliphatic carbocycles. The molecule has 3 nitrogen and oxygen atoms in total. The first kappa shape index (κ1) is 12.2. The fourth-order valence-electron chi connectivity index (χ4n) is 1.66. The first-order chi connectivity index (χ1) is 8.75. The van der Waals surface area contributed by atoms with Crippen LogP contribution in [0.5, 0.6) is 0 Å². The maximum atomic E-state index is 5.97. The van der Waals surface area contributed by atoms with Crippen LogP contribution in [0.3, 0.4) is 0 Å². The first-order valence-corrected chi connectivity index (χ1v) is 5.90. The summed E-state index contributed by atoms with van der Waals surface area (Å²) in [6.07, 6.45) is 0. The number of aliphatic imine (C=N–C) groups is 1. The van der Waals surface area contributed by atoms with E-state index in [1.165, 1.54) is 5.56 Å². The quantitative estimate of drug-likeness (QED) is 0.661. The normalized spacial score (nSPS) is 11.3. The van der Waals surface area contributed by atoms with Crippen LogP contribution >= 0.6 is 0 Å². The number of nitrogens with zero attached hydrogens (tertiary/aromatic N) is 2. The van der Waals surface area contributed by atoms with E-state index in [0.717, 1.165) is 12.2 Å². The van der Waals surface area contributed by atoms with Gasteiger partial charge in [0.2, 0.25) is 0 Å². The number of benzene rings is 2. The van der Waals surface area contributed by atoms with Gasteiger partial charge in [-0.3, -0.25) is 0 Å². The SMILES string of the molecule is CN(Cc1ccccc1)C(N)=Nc1ccccc1. The summed E-state index contributed by atoms with van der Waals surface area (Å²) < 4.78 is 0. The molecule has 2 rings (SSSR count). The summed E-state index contributed by atoms with van der Waals surface area (Å²) in [5.74, 6) is 0.519. The molecule has 92 valence electrons. The standard InChI is InChI=1S/C15H17N3/c1-18(12-13-8-4-2-5-9-13)15(16)17-14-10-6-3-7-11-14/h2-11H,12H2,1H3,(H2,16,17). The lowest BCUT2D eigenvalue weighted by Gasteiger charge is -2.17. The second-order valence-corrected chi connectivity index (χ2v) is 4.15. The maximum Gasteiger partial charge on any atom is 0.196 e. The molecule has 2 aromatic carbocycles. The van der Waals surface area contributed by atoms with Crippen LogP contribution in [0.25, 0.3) is 0 Å². The predicted molar refractivity (Wildman–Crippen MR) is 75.6 cm³/mol. The van der Waals surface area contributed by atoms with Gasteiger partial charge < -0.3 is 10.6 Å². The lowest BCUT2D eigenvalue weighted by molar-refractivity contribution is 0.495. The van der Waals surface area contributed by atoms with Gasteiger partial charge in [-0.15, -0.1) is 0 Å². The smallest absolute Gasteiger partial charge is 0.196 e. The highest BCUT2D eigenvalue weighted by atomic mass is 15.2. The Kier molecular flexibility index (Phi) is 3.97. The Hall–Kier alpha value is -2.29. The van der Waals surface area contributed by atoms with Gasteiger partial charge >= 0.3 is 0 Å². The average molecular weight is 239 g/mol. The molecule has 0 heterocycles. The molecule has 0 atom stereocenters. The van der Waals surface area contributed by atoms with Crippen LogP contribution in [0.2, 0.25) is 0 Å². The minimum atomic E-state index is 0.519. The van der Waals surface area contributed by atoms with E-state index in [1.54, 1.807) is 0 Å². The van der Waals surface area contributed by atoms with Gasteiger partial charge in [0.1, 0.15) is 0 Å². The van der Waals surface area contributed by atoms with Crippen molar-refractivity contribution in [3.8, 4) is 0 Å². The van der Waals surface area contributed by atoms with Gasteiger partial charge in [-0.1, -0.05) is 48.5 Å². The molecule has 0 saturated heterocycles. The van der Waals surface area contributed by atoms with Crippen molar-refractivity contribution in [1.82, 2.24) is 4.90 Å². The highest BCUT2D eigenvalue weighted by Gasteiger charge is 2.02. The van der Waals surface area contributed by atoms with E-state index in [2.05, 4.69) is 17.1 Å². The monoisotopic (exact) mass is 239 g/mol. The van der Waals surface area contributed by atoms with Crippen LogP contribution in [0.15, 0.2) is 65.7 Å². The molecule has 0 aliphatic rings. The van der Waals surface area contributed by atoms with Gasteiger partial charge in [0.15, 0.2) is 5.96 Å². The van der Waals surface area contributed by atoms with Gasteiger partial charge in [-0.05, 0) is 17.7 Å². The topological polar surface area (TPSA) is 41.6 Å². The van der Waals surface area contributed by atoms with Crippen LogP contribution in [0, 0.1) is 0 Å². The number of rotatable bonds is 3. The van der Waals surface area contributed by atoms with Gasteiger partial charge in [-0.25, -0.2) is 4.99 Å². The fraction of sp³-hybridized carbons (Fsp3) is 0.133. The van der Waals surface area contributed by atoms with E-state index in [-0.39, 0.29) is 0 Å². The van der Waals surface area contributed by atoms with E-state index in [4.69, 9.17) is 5.73 Å². The van der Waals surface area contributed by atoms with Gasteiger partial charge in [0, 0.05) is 13.6 Å². The van der Waals surface area contributed by atoms with Crippen LogP contribution in [-0.4, -0.2) is 17.9 Å². The summed E-state index contributed by atoms with van der Waals surface area (Å²) in [5.41, 5.74) is 8.06. The van der Waals surface area contributed by atoms with Crippen molar-refractivity contribution in [3.63, 3.8) is 0 Å². The summed E-state index contributed by atoms with van der Waals surface area (Å²) in [4.78, 5) is 6.31. The number of guanidine groups is 1. The number of hydrogen-bond donors (Lipinski definition) is 1. The minimum absolute atomic E-state index is 0.519. The van der Waals surface area contributed by atoms with E-state index >= 15 is 0 Å². The summed E-state index contributed by atoms with van der Waals surface area (Å²) in [6.45, 7) is 0.753. The lowest BCUT2D eigenvalue weighted by atomic mass is 10.2. The molecule has 0 spiro atoms. The van der Waals surface area contributed by atoms with E-state index in [0.29, 0.717) is 5.96 Å². The summed E-state index contributed by atoms with van der Waals surface area (Å²) in [6, 6.07) is 19.9. The van der Waals surface area contributed by atoms with Crippen molar-refractivity contribution in [1.29, 1.82) is 0 Å². The molecule has 0 fully saturated rings. The third-order valence-corrected chi connectivity index (χ3v) is 2.65. The molecular weight excluding hydrogens is 222 g/mol. The summed E-state index contributed by atoms with van der Waals surface area (Å²) in [7, 11) is 1.94. The van der Waals surface area contributed by atoms with Crippen molar-refractivity contribution in [2.24, 2.45) is 10.7 Å². The van der Waals surface area contributed by atoms with Gasteiger partial charge in [0.05, 0.1) is 5.69 Å². The summed E-state index contributed by atoms with van der Waals surface area (Å²) >= 11 is 0. The zero-order valence-electron chi connectivity index (χ0n) is 10.5. The molecule has 18 heavy (non-hydrogen) atoms. The molecule has 0 aromatic heterocycles. The van der Waals surface area contributed by atoms with Crippen molar-refractivity contribution >= 4 is 11.6 Å². The third-order valence-electron chi connectivity index (χ3n) is 2.65. The number of para-hydroxylation sites is 1. The van der Waals surface area contributed by atoms with E-state index in [9.17, 15) is 0 Å². The Balaban J connectivity index is 2.05. The van der Waals surface area contributed by atoms with Crippen LogP contribution in [-0.2, 0) is 6.54 Å². The second kappa shape index (κ2) is 5.87. The molecule has 3 heteroatoms. The number of hydrogen-bond acceptors (Lipinski definition) is 1. The highest BCUT2D eigenvalue weighted by Crippen LogP contribution is 2.10. The Morgan fingerprint density at radius 2 is 1.56 bits per heavy atom. The molecule has 0 saturated carbocycles. The highest BCUT2D eigenvalue weighted by molar-refractivity contribution is 5.80. The van der Waals surface area contributed by atoms with Crippen LogP contribution in [0.4, 0.5) is 5.69 Å². The zero-order valence-corrected chi connectivity index (χ0v) is 10.5. The molecule has 2 N–H and O–H groups in total. The third kappa shape index (κ3) is 3.35. The van der Waals surface area contributed by atoms with Crippen LogP contribution < -0.4 is 5.73 Å². The van der Waals surface area contributed by atoms with E-state index < -0.39 is 0 Å². The van der Waals surface area contributed by atoms with Crippen molar-refractivity contribution in [2.45, 2.75) is 6.54 Å². The maximum absolute atomic E-state index is 5.97. The van der Waals surface area contributed by atoms with Gasteiger partial charge in [-0.2, -0.15) is 0 Å². The minimum Gasteiger partial charge on any atom is -0.369 e. The molecule has 2 aromatic rings. The van der Waals surface area contributed by atoms with Crippen molar-refractivity contribution < 1.29 is 0 Å².